The summed E-state index contributed by atoms with van der Waals surface area (Å²) in [6.07, 6.45) is 4.63. The Morgan fingerprint density at radius 1 is 1.08 bits per heavy atom. The van der Waals surface area contributed by atoms with Crippen molar-refractivity contribution in [2.45, 2.75) is 58.5 Å². The fourth-order valence-corrected chi connectivity index (χ4v) is 4.36. The maximum Gasteiger partial charge on any atom is 0.315 e. The Bertz CT molecular complexity index is 665. The lowest BCUT2D eigenvalue weighted by Crippen LogP contribution is -2.50. The first-order valence-corrected chi connectivity index (χ1v) is 9.60. The molecule has 0 bridgehead atoms. The number of piperidine rings is 1. The average molecular weight is 358 g/mol. The van der Waals surface area contributed by atoms with E-state index in [-0.39, 0.29) is 24.5 Å². The van der Waals surface area contributed by atoms with Crippen LogP contribution in [0.3, 0.4) is 0 Å². The van der Waals surface area contributed by atoms with Crippen LogP contribution in [0.5, 0.6) is 0 Å². The van der Waals surface area contributed by atoms with Crippen LogP contribution in [0.15, 0.2) is 12.1 Å². The standard InChI is InChI=1S/C20H30N4O2/c1-13-10-14(2)19(15(3)11-13)23-18(25)12-21-20(26)22-16-7-9-24-8-5-4-6-17(16)24/h10-11,16-17H,4-9,12H2,1-3H3,(H,23,25)(H2,21,22,26). The van der Waals surface area contributed by atoms with Gasteiger partial charge in [-0.25, -0.2) is 4.79 Å². The second-order valence-electron chi connectivity index (χ2n) is 7.64. The van der Waals surface area contributed by atoms with Gasteiger partial charge in [0, 0.05) is 24.3 Å². The highest BCUT2D eigenvalue weighted by molar-refractivity contribution is 5.95. The van der Waals surface area contributed by atoms with Gasteiger partial charge in [0.15, 0.2) is 0 Å². The lowest BCUT2D eigenvalue weighted by Gasteiger charge is -2.32. The minimum Gasteiger partial charge on any atom is -0.334 e. The Hall–Kier alpha value is -2.08. The summed E-state index contributed by atoms with van der Waals surface area (Å²) in [4.78, 5) is 26.9. The average Bonchev–Trinajstić information content (AvgIpc) is 2.99. The number of aryl methyl sites for hydroxylation is 3. The van der Waals surface area contributed by atoms with Crippen LogP contribution in [0.25, 0.3) is 0 Å². The Labute approximate surface area is 155 Å². The number of benzene rings is 1. The molecule has 2 fully saturated rings. The van der Waals surface area contributed by atoms with Crippen molar-refractivity contribution in [3.8, 4) is 0 Å². The zero-order valence-electron chi connectivity index (χ0n) is 16.0. The monoisotopic (exact) mass is 358 g/mol. The van der Waals surface area contributed by atoms with E-state index in [2.05, 4.69) is 20.9 Å². The van der Waals surface area contributed by atoms with E-state index < -0.39 is 0 Å². The van der Waals surface area contributed by atoms with Crippen LogP contribution >= 0.6 is 0 Å². The van der Waals surface area contributed by atoms with E-state index in [1.807, 2.05) is 32.9 Å². The number of carbonyl (C=O) groups excluding carboxylic acids is 2. The van der Waals surface area contributed by atoms with Crippen LogP contribution in [-0.4, -0.2) is 48.6 Å². The Kier molecular flexibility index (Phi) is 5.81. The van der Waals surface area contributed by atoms with Gasteiger partial charge in [-0.3, -0.25) is 9.69 Å². The molecular formula is C20H30N4O2. The smallest absolute Gasteiger partial charge is 0.315 e. The van der Waals surface area contributed by atoms with Crippen molar-refractivity contribution < 1.29 is 9.59 Å². The molecule has 3 N–H and O–H groups in total. The number of amides is 3. The number of nitrogens with one attached hydrogen (secondary N) is 3. The van der Waals surface area contributed by atoms with Gasteiger partial charge in [-0.2, -0.15) is 0 Å². The largest absolute Gasteiger partial charge is 0.334 e. The van der Waals surface area contributed by atoms with Crippen LogP contribution < -0.4 is 16.0 Å². The molecule has 6 nitrogen and oxygen atoms in total. The topological polar surface area (TPSA) is 73.5 Å². The molecule has 1 aromatic rings. The summed E-state index contributed by atoms with van der Waals surface area (Å²) in [6, 6.07) is 4.48. The molecule has 1 aromatic carbocycles. The molecule has 0 aromatic heterocycles. The lowest BCUT2D eigenvalue weighted by atomic mass is 9.99. The molecule has 2 atom stereocenters. The molecule has 0 radical (unpaired) electrons. The summed E-state index contributed by atoms with van der Waals surface area (Å²) in [6.45, 7) is 8.16. The molecule has 0 saturated carbocycles. The first-order valence-electron chi connectivity index (χ1n) is 9.60. The molecule has 2 heterocycles. The number of hydrogen-bond donors (Lipinski definition) is 3. The second-order valence-corrected chi connectivity index (χ2v) is 7.64. The van der Waals surface area contributed by atoms with Gasteiger partial charge >= 0.3 is 6.03 Å². The molecule has 2 saturated heterocycles. The summed E-state index contributed by atoms with van der Waals surface area (Å²) in [5, 5.41) is 8.66. The molecule has 2 aliphatic rings. The van der Waals surface area contributed by atoms with Gasteiger partial charge in [-0.15, -0.1) is 0 Å². The predicted octanol–water partition coefficient (Wildman–Crippen LogP) is 2.48. The normalized spacial score (nSPS) is 22.6. The van der Waals surface area contributed by atoms with Gasteiger partial charge < -0.3 is 16.0 Å². The molecule has 0 spiro atoms. The molecular weight excluding hydrogens is 328 g/mol. The summed E-state index contributed by atoms with van der Waals surface area (Å²) < 4.78 is 0. The zero-order chi connectivity index (χ0) is 18.7. The quantitative estimate of drug-likeness (QED) is 0.774. The molecule has 26 heavy (non-hydrogen) atoms. The minimum absolute atomic E-state index is 0.0281. The maximum atomic E-state index is 12.2. The third-order valence-electron chi connectivity index (χ3n) is 5.52. The minimum atomic E-state index is -0.255. The third-order valence-corrected chi connectivity index (χ3v) is 5.52. The van der Waals surface area contributed by atoms with Gasteiger partial charge in [0.05, 0.1) is 6.54 Å². The van der Waals surface area contributed by atoms with E-state index in [4.69, 9.17) is 0 Å². The fraction of sp³-hybridized carbons (Fsp3) is 0.600. The Morgan fingerprint density at radius 2 is 1.81 bits per heavy atom. The summed E-state index contributed by atoms with van der Waals surface area (Å²) in [5.74, 6) is -0.207. The van der Waals surface area contributed by atoms with Crippen LogP contribution in [0.2, 0.25) is 0 Å². The number of nitrogens with zero attached hydrogens (tertiary/aromatic N) is 1. The van der Waals surface area contributed by atoms with Crippen molar-refractivity contribution in [1.29, 1.82) is 0 Å². The third kappa shape index (κ3) is 4.36. The van der Waals surface area contributed by atoms with Crippen molar-refractivity contribution in [2.24, 2.45) is 0 Å². The van der Waals surface area contributed by atoms with Crippen molar-refractivity contribution in [2.75, 3.05) is 25.0 Å². The van der Waals surface area contributed by atoms with Gasteiger partial charge in [0.2, 0.25) is 5.91 Å². The SMILES string of the molecule is Cc1cc(C)c(NC(=O)CNC(=O)NC2CCN3CCCCC23)c(C)c1. The summed E-state index contributed by atoms with van der Waals surface area (Å²) in [7, 11) is 0. The molecule has 2 aliphatic heterocycles. The van der Waals surface area contributed by atoms with E-state index in [1.165, 1.54) is 18.4 Å². The Morgan fingerprint density at radius 3 is 2.54 bits per heavy atom. The molecule has 2 unspecified atom stereocenters. The molecule has 3 amide bonds. The van der Waals surface area contributed by atoms with E-state index in [0.29, 0.717) is 6.04 Å². The van der Waals surface area contributed by atoms with Gasteiger partial charge in [0.1, 0.15) is 0 Å². The van der Waals surface area contributed by atoms with Crippen molar-refractivity contribution in [1.82, 2.24) is 15.5 Å². The molecule has 6 heteroatoms. The highest BCUT2D eigenvalue weighted by Gasteiger charge is 2.36. The van der Waals surface area contributed by atoms with E-state index in [1.54, 1.807) is 0 Å². The predicted molar refractivity (Wildman–Crippen MR) is 103 cm³/mol. The van der Waals surface area contributed by atoms with Crippen LogP contribution in [0.1, 0.15) is 42.4 Å². The van der Waals surface area contributed by atoms with Crippen LogP contribution in [-0.2, 0) is 4.79 Å². The molecule has 3 rings (SSSR count). The summed E-state index contributed by atoms with van der Waals surface area (Å²) >= 11 is 0. The van der Waals surface area contributed by atoms with Gasteiger partial charge in [0.25, 0.3) is 0 Å². The van der Waals surface area contributed by atoms with E-state index in [0.717, 1.165) is 42.7 Å². The van der Waals surface area contributed by atoms with Crippen LogP contribution in [0.4, 0.5) is 10.5 Å². The fourth-order valence-electron chi connectivity index (χ4n) is 4.36. The van der Waals surface area contributed by atoms with Gasteiger partial charge in [-0.05, 0) is 57.7 Å². The summed E-state index contributed by atoms with van der Waals surface area (Å²) in [5.41, 5.74) is 4.06. The molecule has 142 valence electrons. The Balaban J connectivity index is 1.46. The van der Waals surface area contributed by atoms with E-state index in [9.17, 15) is 9.59 Å². The highest BCUT2D eigenvalue weighted by Crippen LogP contribution is 2.27. The number of anilines is 1. The number of rotatable bonds is 4. The highest BCUT2D eigenvalue weighted by atomic mass is 16.2. The maximum absolute atomic E-state index is 12.2. The first kappa shape index (κ1) is 18.7. The lowest BCUT2D eigenvalue weighted by molar-refractivity contribution is -0.115. The first-order chi connectivity index (χ1) is 12.4. The van der Waals surface area contributed by atoms with E-state index >= 15 is 0 Å². The van der Waals surface area contributed by atoms with Crippen molar-refractivity contribution >= 4 is 17.6 Å². The van der Waals surface area contributed by atoms with Crippen molar-refractivity contribution in [3.63, 3.8) is 0 Å². The molecule has 0 aliphatic carbocycles. The number of fused-ring (bicyclic) bond motifs is 1. The van der Waals surface area contributed by atoms with Crippen LogP contribution in [0, 0.1) is 20.8 Å². The number of urea groups is 1. The number of hydrogen-bond acceptors (Lipinski definition) is 3. The second kappa shape index (κ2) is 8.08. The van der Waals surface area contributed by atoms with Gasteiger partial charge in [-0.1, -0.05) is 24.1 Å². The van der Waals surface area contributed by atoms with Crippen molar-refractivity contribution in [3.05, 3.63) is 28.8 Å². The zero-order valence-corrected chi connectivity index (χ0v) is 16.0. The number of carbonyl (C=O) groups is 2.